The minimum absolute atomic E-state index is 0.0774. The first-order chi connectivity index (χ1) is 16.1. The molecular weight excluding hydrogens is 421 g/mol. The van der Waals surface area contributed by atoms with Crippen LogP contribution in [0.15, 0.2) is 73.1 Å². The average molecular weight is 445 g/mol. The van der Waals surface area contributed by atoms with Crippen LogP contribution in [0.25, 0.3) is 6.08 Å². The summed E-state index contributed by atoms with van der Waals surface area (Å²) in [6.45, 7) is 1.30. The quantitative estimate of drug-likeness (QED) is 0.509. The summed E-state index contributed by atoms with van der Waals surface area (Å²) in [4.78, 5) is 30.1. The van der Waals surface area contributed by atoms with Crippen LogP contribution in [0.3, 0.4) is 0 Å². The number of rotatable bonds is 7. The Kier molecular flexibility index (Phi) is 7.09. The van der Waals surface area contributed by atoms with Gasteiger partial charge >= 0.3 is 0 Å². The molecule has 0 radical (unpaired) electrons. The maximum Gasteiger partial charge on any atom is 0.248 e. The topological polar surface area (TPSA) is 71.5 Å². The predicted molar refractivity (Wildman–Crippen MR) is 124 cm³/mol. The summed E-state index contributed by atoms with van der Waals surface area (Å²) in [7, 11) is 0. The smallest absolute Gasteiger partial charge is 0.248 e. The highest BCUT2D eigenvalue weighted by Crippen LogP contribution is 2.25. The lowest BCUT2D eigenvalue weighted by molar-refractivity contribution is -0.133. The van der Waals surface area contributed by atoms with Crippen LogP contribution >= 0.6 is 0 Å². The largest absolute Gasteiger partial charge is 0.453 e. The lowest BCUT2D eigenvalue weighted by Crippen LogP contribution is -2.34. The Morgan fingerprint density at radius 3 is 2.85 bits per heavy atom. The summed E-state index contributed by atoms with van der Waals surface area (Å²) in [6, 6.07) is 15.3. The van der Waals surface area contributed by atoms with E-state index in [-0.39, 0.29) is 17.6 Å². The molecule has 2 aromatic carbocycles. The highest BCUT2D eigenvalue weighted by molar-refractivity contribution is 6.02. The van der Waals surface area contributed by atoms with Crippen LogP contribution in [-0.2, 0) is 16.1 Å². The van der Waals surface area contributed by atoms with Crippen molar-refractivity contribution in [1.82, 2.24) is 9.88 Å². The lowest BCUT2D eigenvalue weighted by atomic mass is 10.1. The van der Waals surface area contributed by atoms with Gasteiger partial charge in [0.25, 0.3) is 0 Å². The zero-order valence-corrected chi connectivity index (χ0v) is 18.0. The zero-order valence-electron chi connectivity index (χ0n) is 18.0. The molecule has 0 bridgehead atoms. The third kappa shape index (κ3) is 6.26. The van der Waals surface area contributed by atoms with Crippen molar-refractivity contribution in [3.05, 3.63) is 90.0 Å². The van der Waals surface area contributed by atoms with Gasteiger partial charge in [0.1, 0.15) is 5.75 Å². The fourth-order valence-corrected chi connectivity index (χ4v) is 3.59. The molecule has 6 nitrogen and oxygen atoms in total. The fraction of sp³-hybridized carbons (Fsp3) is 0.192. The monoisotopic (exact) mass is 445 g/mol. The van der Waals surface area contributed by atoms with Gasteiger partial charge in [-0.2, -0.15) is 0 Å². The number of anilines is 1. The van der Waals surface area contributed by atoms with Gasteiger partial charge in [0.05, 0.1) is 6.20 Å². The molecule has 1 N–H and O–H groups in total. The molecule has 1 saturated heterocycles. The molecule has 1 fully saturated rings. The Balaban J connectivity index is 1.35. The number of likely N-dealkylation sites (tertiary alicyclic amines) is 1. The van der Waals surface area contributed by atoms with Crippen molar-refractivity contribution >= 4 is 23.6 Å². The molecule has 2 amide bonds. The Hall–Kier alpha value is -4.00. The van der Waals surface area contributed by atoms with Gasteiger partial charge < -0.3 is 15.0 Å². The third-order valence-electron chi connectivity index (χ3n) is 5.23. The second-order valence-electron chi connectivity index (χ2n) is 7.78. The number of pyridine rings is 1. The number of benzene rings is 2. The van der Waals surface area contributed by atoms with Crippen molar-refractivity contribution in [3.63, 3.8) is 0 Å². The summed E-state index contributed by atoms with van der Waals surface area (Å²) in [5.74, 6) is -0.194. The summed E-state index contributed by atoms with van der Waals surface area (Å²) >= 11 is 0. The molecule has 0 spiro atoms. The molecule has 0 aliphatic carbocycles. The summed E-state index contributed by atoms with van der Waals surface area (Å²) in [5, 5.41) is 2.81. The number of halogens is 1. The minimum atomic E-state index is -0.540. The van der Waals surface area contributed by atoms with E-state index in [1.807, 2.05) is 23.1 Å². The molecule has 1 aromatic heterocycles. The van der Waals surface area contributed by atoms with Crippen LogP contribution < -0.4 is 10.1 Å². The van der Waals surface area contributed by atoms with Gasteiger partial charge in [0, 0.05) is 37.5 Å². The minimum Gasteiger partial charge on any atom is -0.453 e. The number of nitrogens with zero attached hydrogens (tertiary/aromatic N) is 2. The number of piperidine rings is 1. The Morgan fingerprint density at radius 2 is 2.06 bits per heavy atom. The summed E-state index contributed by atoms with van der Waals surface area (Å²) in [6.07, 6.45) is 8.54. The van der Waals surface area contributed by atoms with Crippen LogP contribution in [0.4, 0.5) is 10.1 Å². The van der Waals surface area contributed by atoms with E-state index in [0.29, 0.717) is 30.0 Å². The van der Waals surface area contributed by atoms with Crippen LogP contribution in [0, 0.1) is 5.82 Å². The van der Waals surface area contributed by atoms with E-state index in [0.717, 1.165) is 24.9 Å². The van der Waals surface area contributed by atoms with Crippen LogP contribution in [0.2, 0.25) is 0 Å². The Bertz CT molecular complexity index is 1160. The first-order valence-electron chi connectivity index (χ1n) is 10.8. The highest BCUT2D eigenvalue weighted by Gasteiger charge is 2.18. The van der Waals surface area contributed by atoms with Crippen molar-refractivity contribution < 1.29 is 18.7 Å². The zero-order chi connectivity index (χ0) is 23.0. The predicted octanol–water partition coefficient (Wildman–Crippen LogP) is 5.18. The van der Waals surface area contributed by atoms with Gasteiger partial charge in [0.15, 0.2) is 11.6 Å². The first kappa shape index (κ1) is 22.2. The standard InChI is InChI=1S/C26H24FN3O3/c27-23-16-19(9-11-24(23)33-22-7-4-13-28-17-22)10-12-25(31)29-21-6-3-5-20(15-21)18-30-14-2-1-8-26(30)32/h3-7,9-13,15-17H,1-2,8,14,18H2,(H,29,31)/b12-10+. The van der Waals surface area contributed by atoms with E-state index < -0.39 is 5.82 Å². The van der Waals surface area contributed by atoms with Crippen molar-refractivity contribution in [2.75, 3.05) is 11.9 Å². The van der Waals surface area contributed by atoms with E-state index >= 15 is 0 Å². The van der Waals surface area contributed by atoms with E-state index in [4.69, 9.17) is 4.74 Å². The van der Waals surface area contributed by atoms with Gasteiger partial charge in [-0.3, -0.25) is 14.6 Å². The third-order valence-corrected chi connectivity index (χ3v) is 5.23. The Morgan fingerprint density at radius 1 is 1.15 bits per heavy atom. The molecule has 7 heteroatoms. The first-order valence-corrected chi connectivity index (χ1v) is 10.8. The summed E-state index contributed by atoms with van der Waals surface area (Å²) in [5.41, 5.74) is 2.12. The van der Waals surface area contributed by atoms with Gasteiger partial charge in [-0.15, -0.1) is 0 Å². The maximum absolute atomic E-state index is 14.4. The van der Waals surface area contributed by atoms with Gasteiger partial charge in [-0.1, -0.05) is 18.2 Å². The maximum atomic E-state index is 14.4. The number of carbonyl (C=O) groups excluding carboxylic acids is 2. The molecule has 1 aliphatic heterocycles. The highest BCUT2D eigenvalue weighted by atomic mass is 19.1. The number of hydrogen-bond donors (Lipinski definition) is 1. The molecular formula is C26H24FN3O3. The molecule has 168 valence electrons. The number of nitrogens with one attached hydrogen (secondary N) is 1. The van der Waals surface area contributed by atoms with Crippen LogP contribution in [-0.4, -0.2) is 28.2 Å². The van der Waals surface area contributed by atoms with Gasteiger partial charge in [-0.25, -0.2) is 4.39 Å². The molecule has 1 aliphatic rings. The van der Waals surface area contributed by atoms with Crippen LogP contribution in [0.5, 0.6) is 11.5 Å². The molecule has 0 atom stereocenters. The van der Waals surface area contributed by atoms with Gasteiger partial charge in [-0.05, 0) is 66.4 Å². The second-order valence-corrected chi connectivity index (χ2v) is 7.78. The molecule has 33 heavy (non-hydrogen) atoms. The van der Waals surface area contributed by atoms with Crippen LogP contribution in [0.1, 0.15) is 30.4 Å². The van der Waals surface area contributed by atoms with Gasteiger partial charge in [0.2, 0.25) is 11.8 Å². The number of hydrogen-bond acceptors (Lipinski definition) is 4. The number of ether oxygens (including phenoxy) is 1. The van der Waals surface area contributed by atoms with Crippen molar-refractivity contribution in [1.29, 1.82) is 0 Å². The molecule has 0 unspecified atom stereocenters. The Labute approximate surface area is 191 Å². The van der Waals surface area contributed by atoms with Crippen molar-refractivity contribution in [3.8, 4) is 11.5 Å². The van der Waals surface area contributed by atoms with Crippen molar-refractivity contribution in [2.24, 2.45) is 0 Å². The number of carbonyl (C=O) groups is 2. The molecule has 4 rings (SSSR count). The molecule has 3 aromatic rings. The average Bonchev–Trinajstić information content (AvgIpc) is 2.82. The van der Waals surface area contributed by atoms with Crippen molar-refractivity contribution in [2.45, 2.75) is 25.8 Å². The van der Waals surface area contributed by atoms with E-state index in [9.17, 15) is 14.0 Å². The lowest BCUT2D eigenvalue weighted by Gasteiger charge is -2.26. The molecule has 2 heterocycles. The van der Waals surface area contributed by atoms with E-state index in [2.05, 4.69) is 10.3 Å². The number of amides is 2. The van der Waals surface area contributed by atoms with E-state index in [1.54, 1.807) is 30.5 Å². The molecule has 0 saturated carbocycles. The number of aromatic nitrogens is 1. The second kappa shape index (κ2) is 10.5. The normalized spacial score (nSPS) is 13.8. The SMILES string of the molecule is O=C(/C=C/c1ccc(Oc2cccnc2)c(F)c1)Nc1cccc(CN2CCCCC2=O)c1. The fourth-order valence-electron chi connectivity index (χ4n) is 3.59. The summed E-state index contributed by atoms with van der Waals surface area (Å²) < 4.78 is 19.8. The van der Waals surface area contributed by atoms with E-state index in [1.165, 1.54) is 30.5 Å².